The van der Waals surface area contributed by atoms with Crippen LogP contribution in [0.5, 0.6) is 5.75 Å². The maximum atomic E-state index is 7.50. The smallest absolute Gasteiger partial charge is 0.132 e. The monoisotopic (exact) mass is 238 g/mol. The lowest BCUT2D eigenvalue weighted by Crippen LogP contribution is -2.17. The molecule has 0 aliphatic heterocycles. The fraction of sp³-hybridized carbons (Fsp3) is 0.417. The molecular formula is C12H15ClN2O. The van der Waals surface area contributed by atoms with Crippen molar-refractivity contribution in [2.24, 2.45) is 5.73 Å². The van der Waals surface area contributed by atoms with Crippen molar-refractivity contribution in [3.05, 3.63) is 28.8 Å². The van der Waals surface area contributed by atoms with Crippen molar-refractivity contribution in [2.75, 3.05) is 0 Å². The van der Waals surface area contributed by atoms with E-state index < -0.39 is 0 Å². The molecule has 0 heterocycles. The lowest BCUT2D eigenvalue weighted by Gasteiger charge is -2.16. The van der Waals surface area contributed by atoms with Crippen LogP contribution in [0.25, 0.3) is 0 Å². The number of hydrogen-bond acceptors (Lipinski definition) is 2. The van der Waals surface area contributed by atoms with Crippen molar-refractivity contribution in [1.82, 2.24) is 0 Å². The Morgan fingerprint density at radius 3 is 2.69 bits per heavy atom. The highest BCUT2D eigenvalue weighted by Crippen LogP contribution is 2.30. The highest BCUT2D eigenvalue weighted by Gasteiger charge is 2.19. The number of nitrogens with two attached hydrogens (primary N) is 1. The van der Waals surface area contributed by atoms with E-state index in [1.807, 2.05) is 12.1 Å². The van der Waals surface area contributed by atoms with Crippen LogP contribution in [0.4, 0.5) is 0 Å². The second-order valence-electron chi connectivity index (χ2n) is 4.05. The van der Waals surface area contributed by atoms with Gasteiger partial charge in [-0.2, -0.15) is 0 Å². The Morgan fingerprint density at radius 1 is 1.38 bits per heavy atom. The number of hydrogen-bond donors (Lipinski definition) is 2. The van der Waals surface area contributed by atoms with Crippen molar-refractivity contribution in [3.63, 3.8) is 0 Å². The Hall–Kier alpha value is -1.22. The summed E-state index contributed by atoms with van der Waals surface area (Å²) in [6, 6.07) is 5.36. The number of rotatable bonds is 3. The molecule has 0 bridgehead atoms. The number of amidine groups is 1. The Labute approximate surface area is 100 Å². The van der Waals surface area contributed by atoms with Crippen LogP contribution < -0.4 is 10.5 Å². The third-order valence-corrected chi connectivity index (χ3v) is 3.16. The van der Waals surface area contributed by atoms with Crippen LogP contribution in [0.15, 0.2) is 18.2 Å². The molecule has 0 unspecified atom stereocenters. The SMILES string of the molecule is N=C(N)c1c(Cl)cccc1OC1CCCC1. The predicted octanol–water partition coefficient (Wildman–Crippen LogP) is 2.95. The molecule has 2 rings (SSSR count). The quantitative estimate of drug-likeness (QED) is 0.628. The fourth-order valence-corrected chi connectivity index (χ4v) is 2.32. The maximum Gasteiger partial charge on any atom is 0.132 e. The highest BCUT2D eigenvalue weighted by molar-refractivity contribution is 6.34. The van der Waals surface area contributed by atoms with E-state index in [-0.39, 0.29) is 11.9 Å². The highest BCUT2D eigenvalue weighted by atomic mass is 35.5. The molecular weight excluding hydrogens is 224 g/mol. The molecule has 4 heteroatoms. The summed E-state index contributed by atoms with van der Waals surface area (Å²) in [5.74, 6) is 0.588. The molecule has 0 radical (unpaired) electrons. The van der Waals surface area contributed by atoms with Crippen LogP contribution in [-0.4, -0.2) is 11.9 Å². The topological polar surface area (TPSA) is 59.1 Å². The molecule has 1 saturated carbocycles. The Kier molecular flexibility index (Phi) is 3.34. The van der Waals surface area contributed by atoms with Gasteiger partial charge in [-0.05, 0) is 37.8 Å². The number of benzene rings is 1. The van der Waals surface area contributed by atoms with Gasteiger partial charge in [-0.25, -0.2) is 0 Å². The van der Waals surface area contributed by atoms with Gasteiger partial charge in [0.05, 0.1) is 16.7 Å². The van der Waals surface area contributed by atoms with Gasteiger partial charge in [0.15, 0.2) is 0 Å². The lowest BCUT2D eigenvalue weighted by atomic mass is 10.2. The first kappa shape index (κ1) is 11.3. The van der Waals surface area contributed by atoms with Crippen molar-refractivity contribution < 1.29 is 4.74 Å². The number of halogens is 1. The van der Waals surface area contributed by atoms with Gasteiger partial charge in [-0.1, -0.05) is 17.7 Å². The van der Waals surface area contributed by atoms with Gasteiger partial charge in [0.1, 0.15) is 11.6 Å². The van der Waals surface area contributed by atoms with Crippen LogP contribution in [0.3, 0.4) is 0 Å². The minimum absolute atomic E-state index is 0.0430. The molecule has 1 aromatic carbocycles. The molecule has 0 amide bonds. The first-order chi connectivity index (χ1) is 7.68. The van der Waals surface area contributed by atoms with Crippen molar-refractivity contribution in [1.29, 1.82) is 5.41 Å². The van der Waals surface area contributed by atoms with E-state index in [0.29, 0.717) is 16.3 Å². The van der Waals surface area contributed by atoms with Crippen LogP contribution in [0, 0.1) is 5.41 Å². The van der Waals surface area contributed by atoms with Gasteiger partial charge in [0.2, 0.25) is 0 Å². The van der Waals surface area contributed by atoms with E-state index in [0.717, 1.165) is 12.8 Å². The summed E-state index contributed by atoms with van der Waals surface area (Å²) in [5.41, 5.74) is 6.02. The summed E-state index contributed by atoms with van der Waals surface area (Å²) < 4.78 is 5.84. The molecule has 3 N–H and O–H groups in total. The zero-order valence-corrected chi connectivity index (χ0v) is 9.76. The molecule has 0 atom stereocenters. The van der Waals surface area contributed by atoms with Gasteiger partial charge in [0.25, 0.3) is 0 Å². The molecule has 0 spiro atoms. The first-order valence-electron chi connectivity index (χ1n) is 5.48. The van der Waals surface area contributed by atoms with Crippen LogP contribution >= 0.6 is 11.6 Å². The molecule has 16 heavy (non-hydrogen) atoms. The van der Waals surface area contributed by atoms with Crippen LogP contribution in [-0.2, 0) is 0 Å². The average molecular weight is 239 g/mol. The zero-order chi connectivity index (χ0) is 11.5. The number of nitrogen functional groups attached to an aromatic ring is 1. The van der Waals surface area contributed by atoms with Crippen LogP contribution in [0.1, 0.15) is 31.2 Å². The van der Waals surface area contributed by atoms with E-state index in [2.05, 4.69) is 0 Å². The fourth-order valence-electron chi connectivity index (χ4n) is 2.05. The maximum absolute atomic E-state index is 7.50. The van der Waals surface area contributed by atoms with Crippen molar-refractivity contribution in [3.8, 4) is 5.75 Å². The van der Waals surface area contributed by atoms with Gasteiger partial charge in [-0.15, -0.1) is 0 Å². The predicted molar refractivity (Wildman–Crippen MR) is 65.4 cm³/mol. The van der Waals surface area contributed by atoms with Crippen molar-refractivity contribution in [2.45, 2.75) is 31.8 Å². The zero-order valence-electron chi connectivity index (χ0n) is 9.00. The summed E-state index contributed by atoms with van der Waals surface area (Å²) >= 11 is 6.01. The second-order valence-corrected chi connectivity index (χ2v) is 4.46. The minimum Gasteiger partial charge on any atom is -0.490 e. The molecule has 1 aliphatic rings. The third-order valence-electron chi connectivity index (χ3n) is 2.84. The molecule has 1 aromatic rings. The van der Waals surface area contributed by atoms with Gasteiger partial charge in [0, 0.05) is 0 Å². The third kappa shape index (κ3) is 2.30. The van der Waals surface area contributed by atoms with E-state index in [1.54, 1.807) is 6.07 Å². The lowest BCUT2D eigenvalue weighted by molar-refractivity contribution is 0.209. The molecule has 86 valence electrons. The summed E-state index contributed by atoms with van der Waals surface area (Å²) in [6.07, 6.45) is 4.81. The van der Waals surface area contributed by atoms with E-state index in [4.69, 9.17) is 27.5 Å². The minimum atomic E-state index is -0.0430. The summed E-state index contributed by atoms with van der Waals surface area (Å²) in [4.78, 5) is 0. The Bertz CT molecular complexity index is 400. The summed E-state index contributed by atoms with van der Waals surface area (Å²) in [7, 11) is 0. The molecule has 1 aliphatic carbocycles. The van der Waals surface area contributed by atoms with Crippen molar-refractivity contribution >= 4 is 17.4 Å². The molecule has 1 fully saturated rings. The normalized spacial score (nSPS) is 16.3. The Balaban J connectivity index is 2.25. The average Bonchev–Trinajstić information content (AvgIpc) is 2.70. The largest absolute Gasteiger partial charge is 0.490 e. The van der Waals surface area contributed by atoms with Gasteiger partial charge in [-0.3, -0.25) is 5.41 Å². The van der Waals surface area contributed by atoms with Crippen LogP contribution in [0.2, 0.25) is 5.02 Å². The standard InChI is InChI=1S/C12H15ClN2O/c13-9-6-3-7-10(11(9)12(14)15)16-8-4-1-2-5-8/h3,6-8H,1-2,4-5H2,(H3,14,15). The van der Waals surface area contributed by atoms with Gasteiger partial charge < -0.3 is 10.5 Å². The number of ether oxygens (including phenoxy) is 1. The Morgan fingerprint density at radius 2 is 2.06 bits per heavy atom. The number of nitrogens with one attached hydrogen (secondary N) is 1. The van der Waals surface area contributed by atoms with E-state index in [9.17, 15) is 0 Å². The van der Waals surface area contributed by atoms with Gasteiger partial charge >= 0.3 is 0 Å². The molecule has 0 saturated heterocycles. The van der Waals surface area contributed by atoms with E-state index >= 15 is 0 Å². The summed E-state index contributed by atoms with van der Waals surface area (Å²) in [5, 5.41) is 7.98. The first-order valence-corrected chi connectivity index (χ1v) is 5.86. The van der Waals surface area contributed by atoms with E-state index in [1.165, 1.54) is 12.8 Å². The molecule has 3 nitrogen and oxygen atoms in total. The molecule has 0 aromatic heterocycles. The summed E-state index contributed by atoms with van der Waals surface area (Å²) in [6.45, 7) is 0. The second kappa shape index (κ2) is 4.74.